The van der Waals surface area contributed by atoms with Crippen molar-refractivity contribution in [1.29, 1.82) is 0 Å². The highest BCUT2D eigenvalue weighted by molar-refractivity contribution is 6.29. The maximum absolute atomic E-state index is 14.7. The van der Waals surface area contributed by atoms with Crippen LogP contribution in [0.1, 0.15) is 52.5 Å². The fraction of sp³-hybridized carbons (Fsp3) is 0.517. The van der Waals surface area contributed by atoms with E-state index in [1.807, 2.05) is 20.8 Å². The minimum absolute atomic E-state index is 0.0447. The minimum atomic E-state index is -1.50. The predicted molar refractivity (Wildman–Crippen MR) is 145 cm³/mol. The molecule has 0 unspecified atom stereocenters. The number of carbonyl (C=O) groups is 2. The van der Waals surface area contributed by atoms with Gasteiger partial charge in [0.25, 0.3) is 0 Å². The van der Waals surface area contributed by atoms with E-state index in [-0.39, 0.29) is 27.7 Å². The van der Waals surface area contributed by atoms with Crippen molar-refractivity contribution < 1.29 is 27.9 Å². The number of alkyl halides is 1. The SMILES string of the molecule is C=C(/C=C\C=C(\Cl)CF)[C@H]1[C@H](C(=O)N[C@H]2C[C@@](C)(O)C2)N[C@@H](CC(C)(C)C)[C@@]12C(=O)Nc1cc(F)c(F)cc12. The van der Waals surface area contributed by atoms with Crippen LogP contribution < -0.4 is 16.0 Å². The second-order valence-electron chi connectivity index (χ2n) is 12.4. The van der Waals surface area contributed by atoms with Gasteiger partial charge < -0.3 is 21.1 Å². The summed E-state index contributed by atoms with van der Waals surface area (Å²) in [5, 5.41) is 19.1. The molecule has 1 saturated carbocycles. The van der Waals surface area contributed by atoms with Gasteiger partial charge in [0.1, 0.15) is 12.1 Å². The summed E-state index contributed by atoms with van der Waals surface area (Å²) in [6.07, 6.45) is 5.55. The number of nitrogens with one attached hydrogen (secondary N) is 3. The Morgan fingerprint density at radius 3 is 2.51 bits per heavy atom. The van der Waals surface area contributed by atoms with E-state index in [1.165, 1.54) is 12.2 Å². The van der Waals surface area contributed by atoms with Crippen LogP contribution in [-0.2, 0) is 15.0 Å². The first-order chi connectivity index (χ1) is 18.1. The van der Waals surface area contributed by atoms with Crippen molar-refractivity contribution in [3.8, 4) is 0 Å². The van der Waals surface area contributed by atoms with Crippen molar-refractivity contribution in [2.75, 3.05) is 12.0 Å². The Morgan fingerprint density at radius 1 is 1.28 bits per heavy atom. The lowest BCUT2D eigenvalue weighted by Gasteiger charge is -2.42. The van der Waals surface area contributed by atoms with E-state index in [0.29, 0.717) is 24.8 Å². The lowest BCUT2D eigenvalue weighted by atomic mass is 9.62. The van der Waals surface area contributed by atoms with Crippen molar-refractivity contribution in [2.24, 2.45) is 11.3 Å². The minimum Gasteiger partial charge on any atom is -0.390 e. The van der Waals surface area contributed by atoms with Gasteiger partial charge in [-0.15, -0.1) is 0 Å². The Balaban J connectivity index is 1.85. The summed E-state index contributed by atoms with van der Waals surface area (Å²) in [4.78, 5) is 27.7. The van der Waals surface area contributed by atoms with E-state index in [0.717, 1.165) is 12.1 Å². The van der Waals surface area contributed by atoms with Gasteiger partial charge in [0.2, 0.25) is 11.8 Å². The van der Waals surface area contributed by atoms with Gasteiger partial charge in [-0.1, -0.05) is 51.1 Å². The normalized spacial score (nSPS) is 32.3. The summed E-state index contributed by atoms with van der Waals surface area (Å²) in [5.74, 6) is -4.02. The zero-order chi connectivity index (χ0) is 28.9. The molecule has 212 valence electrons. The smallest absolute Gasteiger partial charge is 0.238 e. The lowest BCUT2D eigenvalue weighted by molar-refractivity contribution is -0.127. The molecule has 0 radical (unpaired) electrons. The highest BCUT2D eigenvalue weighted by Crippen LogP contribution is 2.55. The number of hydrogen-bond donors (Lipinski definition) is 4. The van der Waals surface area contributed by atoms with Crippen LogP contribution in [0.2, 0.25) is 0 Å². The number of anilines is 1. The van der Waals surface area contributed by atoms with Gasteiger partial charge in [-0.2, -0.15) is 0 Å². The van der Waals surface area contributed by atoms with Gasteiger partial charge in [0.05, 0.1) is 11.6 Å². The molecule has 6 nitrogen and oxygen atoms in total. The van der Waals surface area contributed by atoms with Crippen LogP contribution in [0.3, 0.4) is 0 Å². The Morgan fingerprint density at radius 2 is 1.92 bits per heavy atom. The quantitative estimate of drug-likeness (QED) is 0.358. The molecule has 3 aliphatic rings. The Hall–Kier alpha value is -2.62. The van der Waals surface area contributed by atoms with Crippen LogP contribution in [0, 0.1) is 23.0 Å². The van der Waals surface area contributed by atoms with E-state index >= 15 is 0 Å². The van der Waals surface area contributed by atoms with Crippen LogP contribution >= 0.6 is 11.6 Å². The van der Waals surface area contributed by atoms with Gasteiger partial charge in [-0.25, -0.2) is 13.2 Å². The number of halogens is 4. The summed E-state index contributed by atoms with van der Waals surface area (Å²) >= 11 is 5.80. The number of carbonyl (C=O) groups excluding carboxylic acids is 2. The number of fused-ring (bicyclic) bond motifs is 2. The topological polar surface area (TPSA) is 90.5 Å². The van der Waals surface area contributed by atoms with Crippen LogP contribution in [0.5, 0.6) is 0 Å². The first-order valence-electron chi connectivity index (χ1n) is 13.0. The standard InChI is InChI=1S/C29H35ClF3N3O3/c1-15(7-6-8-16(30)14-31)23-24(25(37)34-17-11-28(5,39)12-17)36-22(13-27(2,3)4)29(23)18-9-19(32)20(33)10-21(18)35-26(29)38/h6-10,17,22-24,36,39H,1,11-14H2,2-5H3,(H,34,37)(H,35,38)/b7-6-,16-8+/t17-,22-,23-,24+,28+,29+/m0/s1. The molecule has 2 fully saturated rings. The van der Waals surface area contributed by atoms with E-state index in [4.69, 9.17) is 11.6 Å². The molecule has 1 aromatic rings. The molecule has 1 aromatic carbocycles. The molecular weight excluding hydrogens is 531 g/mol. The molecule has 2 heterocycles. The van der Waals surface area contributed by atoms with E-state index in [9.17, 15) is 27.9 Å². The molecule has 2 aliphatic heterocycles. The molecule has 1 aliphatic carbocycles. The predicted octanol–water partition coefficient (Wildman–Crippen LogP) is 4.78. The number of allylic oxidation sites excluding steroid dienone is 4. The van der Waals surface area contributed by atoms with Crippen LogP contribution in [0.15, 0.2) is 47.5 Å². The maximum Gasteiger partial charge on any atom is 0.238 e. The van der Waals surface area contributed by atoms with Crippen molar-refractivity contribution in [3.05, 3.63) is 64.7 Å². The molecule has 1 spiro atoms. The lowest BCUT2D eigenvalue weighted by Crippen LogP contribution is -2.57. The first kappa shape index (κ1) is 29.4. The van der Waals surface area contributed by atoms with Gasteiger partial charge in [0, 0.05) is 34.8 Å². The number of amides is 2. The van der Waals surface area contributed by atoms with E-state index in [1.54, 1.807) is 13.0 Å². The summed E-state index contributed by atoms with van der Waals surface area (Å²) in [6, 6.07) is 0.107. The summed E-state index contributed by atoms with van der Waals surface area (Å²) in [5.41, 5.74) is -1.95. The molecule has 0 bridgehead atoms. The average Bonchev–Trinajstić information content (AvgIpc) is 3.27. The fourth-order valence-electron chi connectivity index (χ4n) is 6.30. The van der Waals surface area contributed by atoms with E-state index < -0.39 is 59.1 Å². The van der Waals surface area contributed by atoms with Crippen molar-refractivity contribution in [1.82, 2.24) is 10.6 Å². The zero-order valence-electron chi connectivity index (χ0n) is 22.5. The summed E-state index contributed by atoms with van der Waals surface area (Å²) in [6.45, 7) is 10.9. The molecule has 0 aromatic heterocycles. The molecule has 4 rings (SSSR count). The third-order valence-corrected chi connectivity index (χ3v) is 8.04. The second-order valence-corrected chi connectivity index (χ2v) is 12.9. The van der Waals surface area contributed by atoms with Gasteiger partial charge in [-0.05, 0) is 54.9 Å². The van der Waals surface area contributed by atoms with Crippen molar-refractivity contribution in [3.63, 3.8) is 0 Å². The highest BCUT2D eigenvalue weighted by Gasteiger charge is 2.66. The third kappa shape index (κ3) is 5.54. The average molecular weight is 566 g/mol. The van der Waals surface area contributed by atoms with Gasteiger partial charge >= 0.3 is 0 Å². The Kier molecular flexibility index (Phi) is 7.84. The molecule has 10 heteroatoms. The highest BCUT2D eigenvalue weighted by atomic mass is 35.5. The molecule has 4 N–H and O–H groups in total. The monoisotopic (exact) mass is 565 g/mol. The molecule has 39 heavy (non-hydrogen) atoms. The van der Waals surface area contributed by atoms with Crippen LogP contribution in [0.25, 0.3) is 0 Å². The van der Waals surface area contributed by atoms with Crippen molar-refractivity contribution in [2.45, 2.75) is 76.1 Å². The van der Waals surface area contributed by atoms with E-state index in [2.05, 4.69) is 22.5 Å². The summed E-state index contributed by atoms with van der Waals surface area (Å²) < 4.78 is 41.8. The molecule has 4 atom stereocenters. The first-order valence-corrected chi connectivity index (χ1v) is 13.3. The van der Waals surface area contributed by atoms with Gasteiger partial charge in [-0.3, -0.25) is 9.59 Å². The largest absolute Gasteiger partial charge is 0.390 e. The van der Waals surface area contributed by atoms with Gasteiger partial charge in [0.15, 0.2) is 11.6 Å². The number of aliphatic hydroxyl groups is 1. The van der Waals surface area contributed by atoms with Crippen LogP contribution in [0.4, 0.5) is 18.9 Å². The number of hydrogen-bond acceptors (Lipinski definition) is 4. The van der Waals surface area contributed by atoms with Crippen LogP contribution in [-0.4, -0.2) is 47.3 Å². The second kappa shape index (κ2) is 10.4. The fourth-order valence-corrected chi connectivity index (χ4v) is 6.38. The third-order valence-electron chi connectivity index (χ3n) is 7.82. The Labute approximate surface area is 231 Å². The molecular formula is C29H35ClF3N3O3. The maximum atomic E-state index is 14.7. The Bertz CT molecular complexity index is 1250. The number of benzene rings is 1. The molecule has 1 saturated heterocycles. The zero-order valence-corrected chi connectivity index (χ0v) is 23.3. The number of rotatable bonds is 7. The molecule has 2 amide bonds. The van der Waals surface area contributed by atoms with Crippen molar-refractivity contribution >= 4 is 29.1 Å². The summed E-state index contributed by atoms with van der Waals surface area (Å²) in [7, 11) is 0.